The van der Waals surface area contributed by atoms with Crippen LogP contribution in [0.2, 0.25) is 0 Å². The molecular weight excluding hydrogens is 238 g/mol. The summed E-state index contributed by atoms with van der Waals surface area (Å²) in [7, 11) is 0. The molecule has 0 aliphatic carbocycles. The summed E-state index contributed by atoms with van der Waals surface area (Å²) in [6.45, 7) is 11.6. The summed E-state index contributed by atoms with van der Waals surface area (Å²) in [5.74, 6) is 0.798. The van der Waals surface area contributed by atoms with Crippen molar-refractivity contribution >= 4 is 11.7 Å². The molecule has 1 rings (SSSR count). The fourth-order valence-corrected chi connectivity index (χ4v) is 2.46. The van der Waals surface area contributed by atoms with E-state index < -0.39 is 5.97 Å². The Hall–Kier alpha value is -1.51. The number of anilines is 1. The third kappa shape index (κ3) is 4.27. The van der Waals surface area contributed by atoms with Crippen molar-refractivity contribution in [3.63, 3.8) is 0 Å². The Morgan fingerprint density at radius 1 is 1.21 bits per heavy atom. The van der Waals surface area contributed by atoms with Gasteiger partial charge in [0.2, 0.25) is 0 Å². The summed E-state index contributed by atoms with van der Waals surface area (Å²) in [6.07, 6.45) is 0. The molecule has 0 saturated carbocycles. The van der Waals surface area contributed by atoms with Gasteiger partial charge in [0.25, 0.3) is 0 Å². The summed E-state index contributed by atoms with van der Waals surface area (Å²) < 4.78 is 0. The fraction of sp³-hybridized carbons (Fsp3) is 0.562. The summed E-state index contributed by atoms with van der Waals surface area (Å²) in [5, 5.41) is 12.5. The Kier molecular flexibility index (Phi) is 5.40. The third-order valence-corrected chi connectivity index (χ3v) is 3.65. The average molecular weight is 263 g/mol. The maximum Gasteiger partial charge on any atom is 0.337 e. The van der Waals surface area contributed by atoms with Gasteiger partial charge in [0.1, 0.15) is 0 Å². The molecule has 0 bridgehead atoms. The Morgan fingerprint density at radius 3 is 2.26 bits per heavy atom. The smallest absolute Gasteiger partial charge is 0.337 e. The molecule has 0 fully saturated rings. The number of carboxylic acids is 1. The summed E-state index contributed by atoms with van der Waals surface area (Å²) in [6, 6.07) is 5.40. The first-order valence-electron chi connectivity index (χ1n) is 6.90. The fourth-order valence-electron chi connectivity index (χ4n) is 2.46. The van der Waals surface area contributed by atoms with Crippen LogP contribution in [0.25, 0.3) is 0 Å². The van der Waals surface area contributed by atoms with Crippen LogP contribution in [0, 0.1) is 24.7 Å². The number of hydrogen-bond acceptors (Lipinski definition) is 2. The van der Waals surface area contributed by atoms with Gasteiger partial charge < -0.3 is 10.4 Å². The highest BCUT2D eigenvalue weighted by molar-refractivity contribution is 5.94. The van der Waals surface area contributed by atoms with Crippen molar-refractivity contribution in [2.45, 2.75) is 34.6 Å². The normalized spacial score (nSPS) is 11.4. The first kappa shape index (κ1) is 15.5. The highest BCUT2D eigenvalue weighted by Crippen LogP contribution is 2.23. The zero-order chi connectivity index (χ0) is 14.6. The van der Waals surface area contributed by atoms with Gasteiger partial charge in [-0.3, -0.25) is 0 Å². The first-order chi connectivity index (χ1) is 8.82. The lowest BCUT2D eigenvalue weighted by Gasteiger charge is -2.26. The van der Waals surface area contributed by atoms with E-state index in [4.69, 9.17) is 0 Å². The van der Waals surface area contributed by atoms with Crippen molar-refractivity contribution in [3.05, 3.63) is 29.3 Å². The van der Waals surface area contributed by atoms with Crippen molar-refractivity contribution in [1.82, 2.24) is 0 Å². The van der Waals surface area contributed by atoms with Crippen LogP contribution < -0.4 is 5.32 Å². The first-order valence-corrected chi connectivity index (χ1v) is 6.90. The van der Waals surface area contributed by atoms with Crippen LogP contribution in [-0.4, -0.2) is 17.6 Å². The van der Waals surface area contributed by atoms with Gasteiger partial charge in [-0.05, 0) is 42.4 Å². The van der Waals surface area contributed by atoms with Gasteiger partial charge in [0.05, 0.1) is 5.56 Å². The van der Waals surface area contributed by atoms with E-state index in [1.165, 1.54) is 0 Å². The summed E-state index contributed by atoms with van der Waals surface area (Å²) in [4.78, 5) is 11.2. The molecule has 0 atom stereocenters. The second kappa shape index (κ2) is 6.60. The van der Waals surface area contributed by atoms with E-state index in [9.17, 15) is 9.90 Å². The Morgan fingerprint density at radius 2 is 1.79 bits per heavy atom. The van der Waals surface area contributed by atoms with Crippen LogP contribution >= 0.6 is 0 Å². The van der Waals surface area contributed by atoms with Crippen molar-refractivity contribution in [2.24, 2.45) is 17.8 Å². The van der Waals surface area contributed by atoms with Gasteiger partial charge in [0, 0.05) is 12.2 Å². The Bertz CT molecular complexity index is 430. The van der Waals surface area contributed by atoms with E-state index in [0.717, 1.165) is 17.8 Å². The molecule has 106 valence electrons. The molecule has 0 aromatic heterocycles. The Balaban J connectivity index is 2.87. The van der Waals surface area contributed by atoms with Crippen LogP contribution in [0.4, 0.5) is 5.69 Å². The lowest BCUT2D eigenvalue weighted by Crippen LogP contribution is -2.25. The lowest BCUT2D eigenvalue weighted by atomic mass is 9.85. The van der Waals surface area contributed by atoms with Crippen LogP contribution in [-0.2, 0) is 0 Å². The van der Waals surface area contributed by atoms with Crippen molar-refractivity contribution in [3.8, 4) is 0 Å². The summed E-state index contributed by atoms with van der Waals surface area (Å²) >= 11 is 0. The zero-order valence-electron chi connectivity index (χ0n) is 12.5. The van der Waals surface area contributed by atoms with Crippen LogP contribution in [0.1, 0.15) is 43.6 Å². The molecule has 3 heteroatoms. The SMILES string of the molecule is Cc1ccc(C(=O)O)c(NCC(C(C)C)C(C)C)c1. The number of carboxylic acid groups (broad SMARTS) is 1. The zero-order valence-corrected chi connectivity index (χ0v) is 12.5. The van der Waals surface area contributed by atoms with Gasteiger partial charge in [-0.15, -0.1) is 0 Å². The monoisotopic (exact) mass is 263 g/mol. The van der Waals surface area contributed by atoms with Crippen molar-refractivity contribution in [2.75, 3.05) is 11.9 Å². The van der Waals surface area contributed by atoms with Crippen LogP contribution in [0.15, 0.2) is 18.2 Å². The molecular formula is C16H25NO2. The number of nitrogens with one attached hydrogen (secondary N) is 1. The molecule has 0 aliphatic heterocycles. The van der Waals surface area contributed by atoms with E-state index in [1.54, 1.807) is 6.07 Å². The minimum absolute atomic E-state index is 0.344. The standard InChI is InChI=1S/C16H25NO2/c1-10(2)14(11(3)4)9-17-15-8-12(5)6-7-13(15)16(18)19/h6-8,10-11,14,17H,9H2,1-5H3,(H,18,19). The van der Waals surface area contributed by atoms with Crippen LogP contribution in [0.3, 0.4) is 0 Å². The molecule has 1 aromatic rings. The molecule has 0 unspecified atom stereocenters. The third-order valence-electron chi connectivity index (χ3n) is 3.65. The van der Waals surface area contributed by atoms with Gasteiger partial charge >= 0.3 is 5.97 Å². The second-order valence-electron chi connectivity index (χ2n) is 5.89. The molecule has 0 radical (unpaired) electrons. The number of benzene rings is 1. The van der Waals surface area contributed by atoms with Crippen molar-refractivity contribution < 1.29 is 9.90 Å². The van der Waals surface area contributed by atoms with Gasteiger partial charge in [-0.25, -0.2) is 4.79 Å². The number of hydrogen-bond donors (Lipinski definition) is 2. The Labute approximate surface area is 116 Å². The number of aryl methyl sites for hydroxylation is 1. The van der Waals surface area contributed by atoms with Crippen molar-refractivity contribution in [1.29, 1.82) is 0 Å². The number of aromatic carboxylic acids is 1. The predicted molar refractivity (Wildman–Crippen MR) is 79.8 cm³/mol. The largest absolute Gasteiger partial charge is 0.478 e. The van der Waals surface area contributed by atoms with Crippen LogP contribution in [0.5, 0.6) is 0 Å². The van der Waals surface area contributed by atoms with E-state index in [-0.39, 0.29) is 0 Å². The molecule has 0 saturated heterocycles. The minimum atomic E-state index is -0.881. The molecule has 0 aliphatic rings. The molecule has 19 heavy (non-hydrogen) atoms. The highest BCUT2D eigenvalue weighted by Gasteiger charge is 2.18. The highest BCUT2D eigenvalue weighted by atomic mass is 16.4. The molecule has 0 amide bonds. The molecule has 0 heterocycles. The van der Waals surface area contributed by atoms with E-state index in [1.807, 2.05) is 19.1 Å². The topological polar surface area (TPSA) is 49.3 Å². The van der Waals surface area contributed by atoms with E-state index in [2.05, 4.69) is 33.0 Å². The lowest BCUT2D eigenvalue weighted by molar-refractivity contribution is 0.0698. The van der Waals surface area contributed by atoms with Gasteiger partial charge in [-0.1, -0.05) is 33.8 Å². The number of carbonyl (C=O) groups is 1. The second-order valence-corrected chi connectivity index (χ2v) is 5.89. The molecule has 0 spiro atoms. The predicted octanol–water partition coefficient (Wildman–Crippen LogP) is 4.03. The summed E-state index contributed by atoms with van der Waals surface area (Å²) in [5.41, 5.74) is 2.13. The maximum atomic E-state index is 11.2. The quantitative estimate of drug-likeness (QED) is 0.814. The molecule has 1 aromatic carbocycles. The van der Waals surface area contributed by atoms with E-state index >= 15 is 0 Å². The van der Waals surface area contributed by atoms with Gasteiger partial charge in [0.15, 0.2) is 0 Å². The van der Waals surface area contributed by atoms with E-state index in [0.29, 0.717) is 23.3 Å². The maximum absolute atomic E-state index is 11.2. The van der Waals surface area contributed by atoms with Gasteiger partial charge in [-0.2, -0.15) is 0 Å². The average Bonchev–Trinajstić information content (AvgIpc) is 2.27. The minimum Gasteiger partial charge on any atom is -0.478 e. The molecule has 3 nitrogen and oxygen atoms in total. The molecule has 2 N–H and O–H groups in total. The number of rotatable bonds is 6.